The lowest BCUT2D eigenvalue weighted by atomic mass is 9.76. The normalized spacial score (nSPS) is 27.3. The van der Waals surface area contributed by atoms with Gasteiger partial charge in [-0.25, -0.2) is 9.78 Å². The maximum atomic E-state index is 11.8. The van der Waals surface area contributed by atoms with Crippen molar-refractivity contribution in [3.05, 3.63) is 22.9 Å². The Balaban J connectivity index is 1.80. The van der Waals surface area contributed by atoms with E-state index in [1.807, 2.05) is 4.90 Å². The second-order valence-corrected chi connectivity index (χ2v) is 7.63. The second-order valence-electron chi connectivity index (χ2n) is 7.63. The van der Waals surface area contributed by atoms with Crippen molar-refractivity contribution in [3.8, 4) is 6.07 Å². The first-order valence-corrected chi connectivity index (χ1v) is 9.01. The monoisotopic (exact) mass is 375 g/mol. The molecule has 3 rings (SSSR count). The van der Waals surface area contributed by atoms with Crippen LogP contribution in [0.15, 0.2) is 6.07 Å². The first kappa shape index (κ1) is 19.5. The fourth-order valence-corrected chi connectivity index (χ4v) is 3.94. The van der Waals surface area contributed by atoms with E-state index in [1.54, 1.807) is 13.8 Å². The molecular weight excluding hydrogens is 350 g/mol. The van der Waals surface area contributed by atoms with Gasteiger partial charge in [0.25, 0.3) is 0 Å². The van der Waals surface area contributed by atoms with Crippen LogP contribution in [0.25, 0.3) is 0 Å². The van der Waals surface area contributed by atoms with Gasteiger partial charge in [-0.2, -0.15) is 5.26 Å². The molecule has 0 unspecified atom stereocenters. The number of carbonyl (C=O) groups excluding carboxylic acids is 1. The zero-order chi connectivity index (χ0) is 19.8. The summed E-state index contributed by atoms with van der Waals surface area (Å²) >= 11 is 0. The van der Waals surface area contributed by atoms with Crippen molar-refractivity contribution in [1.29, 1.82) is 5.26 Å². The van der Waals surface area contributed by atoms with Crippen molar-refractivity contribution in [2.75, 3.05) is 31.7 Å². The van der Waals surface area contributed by atoms with Gasteiger partial charge < -0.3 is 24.6 Å². The third-order valence-electron chi connectivity index (χ3n) is 5.64. The molecule has 8 nitrogen and oxygen atoms in total. The number of esters is 1. The molecule has 0 aliphatic carbocycles. The topological polar surface area (TPSA) is 116 Å². The van der Waals surface area contributed by atoms with Crippen molar-refractivity contribution >= 4 is 11.8 Å². The minimum atomic E-state index is -1.17. The highest BCUT2D eigenvalue weighted by Gasteiger charge is 2.48. The number of nitriles is 1. The summed E-state index contributed by atoms with van der Waals surface area (Å²) in [5.74, 6) is 0.0251. The summed E-state index contributed by atoms with van der Waals surface area (Å²) in [5.41, 5.74) is -0.533. The Morgan fingerprint density at radius 1 is 1.48 bits per heavy atom. The average molecular weight is 375 g/mol. The van der Waals surface area contributed by atoms with Gasteiger partial charge in [0.2, 0.25) is 0 Å². The molecule has 2 atom stereocenters. The van der Waals surface area contributed by atoms with Crippen LogP contribution in [0.5, 0.6) is 0 Å². The first-order chi connectivity index (χ1) is 12.7. The second kappa shape index (κ2) is 7.08. The summed E-state index contributed by atoms with van der Waals surface area (Å²) in [5, 5.41) is 29.8. The SMILES string of the molecule is COC(=O)c1cc(C#N)c(N2CCC3(CC2)C[C@](C)(O)[C@@H](O)CO3)nc1C. The number of methoxy groups -OCH3 is 1. The number of aliphatic hydroxyl groups is 2. The quantitative estimate of drug-likeness (QED) is 0.733. The van der Waals surface area contributed by atoms with E-state index in [4.69, 9.17) is 9.47 Å². The van der Waals surface area contributed by atoms with Gasteiger partial charge in [0.1, 0.15) is 18.0 Å². The van der Waals surface area contributed by atoms with Gasteiger partial charge in [0.15, 0.2) is 0 Å². The van der Waals surface area contributed by atoms with Crippen LogP contribution in [0.2, 0.25) is 0 Å². The largest absolute Gasteiger partial charge is 0.465 e. The molecule has 0 amide bonds. The van der Waals surface area contributed by atoms with Crippen LogP contribution in [0.3, 0.4) is 0 Å². The maximum absolute atomic E-state index is 11.8. The lowest BCUT2D eigenvalue weighted by molar-refractivity contribution is -0.216. The van der Waals surface area contributed by atoms with Crippen molar-refractivity contribution in [3.63, 3.8) is 0 Å². The average Bonchev–Trinajstić information content (AvgIpc) is 2.64. The maximum Gasteiger partial charge on any atom is 0.339 e. The van der Waals surface area contributed by atoms with Gasteiger partial charge >= 0.3 is 5.97 Å². The highest BCUT2D eigenvalue weighted by atomic mass is 16.5. The number of anilines is 1. The van der Waals surface area contributed by atoms with Gasteiger partial charge in [0, 0.05) is 19.5 Å². The summed E-state index contributed by atoms with van der Waals surface area (Å²) in [6, 6.07) is 3.63. The molecule has 0 aromatic carbocycles. The van der Waals surface area contributed by atoms with E-state index >= 15 is 0 Å². The summed E-state index contributed by atoms with van der Waals surface area (Å²) in [6.07, 6.45) is 0.787. The van der Waals surface area contributed by atoms with Crippen LogP contribution >= 0.6 is 0 Å². The molecule has 2 saturated heterocycles. The molecule has 8 heteroatoms. The van der Waals surface area contributed by atoms with Gasteiger partial charge in [-0.05, 0) is 32.8 Å². The summed E-state index contributed by atoms with van der Waals surface area (Å²) in [7, 11) is 1.29. The number of hydrogen-bond donors (Lipinski definition) is 2. The standard InChI is InChI=1S/C19H25N3O5/c1-12-14(17(24)26-3)8-13(9-20)16(21-12)22-6-4-19(5-7-22)11-18(2,25)15(23)10-27-19/h8,15,23,25H,4-7,10-11H2,1-3H3/t15-,18-/m0/s1. The molecule has 1 spiro atoms. The zero-order valence-corrected chi connectivity index (χ0v) is 15.9. The number of ether oxygens (including phenoxy) is 2. The Kier molecular flexibility index (Phi) is 5.12. The summed E-state index contributed by atoms with van der Waals surface area (Å²) in [6.45, 7) is 4.67. The van der Waals surface area contributed by atoms with Crippen LogP contribution in [0.1, 0.15) is 47.8 Å². The predicted molar refractivity (Wildman–Crippen MR) is 96.4 cm³/mol. The number of hydrogen-bond acceptors (Lipinski definition) is 8. The molecule has 0 bridgehead atoms. The number of nitrogens with zero attached hydrogens (tertiary/aromatic N) is 3. The highest BCUT2D eigenvalue weighted by molar-refractivity contribution is 5.91. The zero-order valence-electron chi connectivity index (χ0n) is 15.9. The van der Waals surface area contributed by atoms with Gasteiger partial charge in [-0.3, -0.25) is 0 Å². The van der Waals surface area contributed by atoms with Crippen molar-refractivity contribution in [1.82, 2.24) is 4.98 Å². The molecule has 27 heavy (non-hydrogen) atoms. The van der Waals surface area contributed by atoms with Crippen LogP contribution < -0.4 is 4.90 Å². The number of aromatic nitrogens is 1. The fourth-order valence-electron chi connectivity index (χ4n) is 3.94. The van der Waals surface area contributed by atoms with Crippen LogP contribution in [0, 0.1) is 18.3 Å². The van der Waals surface area contributed by atoms with Crippen molar-refractivity contribution in [2.24, 2.45) is 0 Å². The van der Waals surface area contributed by atoms with Crippen LogP contribution in [-0.4, -0.2) is 65.3 Å². The smallest absolute Gasteiger partial charge is 0.339 e. The van der Waals surface area contributed by atoms with Crippen LogP contribution in [-0.2, 0) is 9.47 Å². The minimum absolute atomic E-state index is 0.113. The lowest BCUT2D eigenvalue weighted by Crippen LogP contribution is -2.59. The van der Waals surface area contributed by atoms with Gasteiger partial charge in [0.05, 0.1) is 41.7 Å². The van der Waals surface area contributed by atoms with Gasteiger partial charge in [-0.1, -0.05) is 0 Å². The Morgan fingerprint density at radius 2 is 2.15 bits per heavy atom. The fraction of sp³-hybridized carbons (Fsp3) is 0.632. The Bertz CT molecular complexity index is 778. The number of rotatable bonds is 2. The minimum Gasteiger partial charge on any atom is -0.465 e. The third-order valence-corrected chi connectivity index (χ3v) is 5.64. The number of pyridine rings is 1. The molecule has 0 saturated carbocycles. The Morgan fingerprint density at radius 3 is 2.70 bits per heavy atom. The predicted octanol–water partition coefficient (Wildman–Crippen LogP) is 0.919. The highest BCUT2D eigenvalue weighted by Crippen LogP contribution is 2.40. The molecule has 1 aromatic rings. The summed E-state index contributed by atoms with van der Waals surface area (Å²) < 4.78 is 10.6. The van der Waals surface area contributed by atoms with Crippen molar-refractivity contribution in [2.45, 2.75) is 50.4 Å². The van der Waals surface area contributed by atoms with E-state index < -0.39 is 23.3 Å². The Hall–Kier alpha value is -2.21. The number of aliphatic hydroxyl groups excluding tert-OH is 1. The molecule has 1 aromatic heterocycles. The molecule has 146 valence electrons. The molecule has 2 aliphatic rings. The molecule has 3 heterocycles. The first-order valence-electron chi connectivity index (χ1n) is 9.01. The molecule has 2 N–H and O–H groups in total. The summed E-state index contributed by atoms with van der Waals surface area (Å²) in [4.78, 5) is 18.3. The number of carbonyl (C=O) groups is 1. The van der Waals surface area contributed by atoms with Gasteiger partial charge in [-0.15, -0.1) is 0 Å². The van der Waals surface area contributed by atoms with E-state index in [9.17, 15) is 20.3 Å². The molecule has 2 aliphatic heterocycles. The van der Waals surface area contributed by atoms with E-state index in [0.717, 1.165) is 0 Å². The lowest BCUT2D eigenvalue weighted by Gasteiger charge is -2.50. The number of aryl methyl sites for hydroxylation is 1. The van der Waals surface area contributed by atoms with E-state index in [2.05, 4.69) is 11.1 Å². The Labute approximate surface area is 158 Å². The molecule has 0 radical (unpaired) electrons. The van der Waals surface area contributed by atoms with Crippen LogP contribution in [0.4, 0.5) is 5.82 Å². The molecular formula is C19H25N3O5. The van der Waals surface area contributed by atoms with E-state index in [-0.39, 0.29) is 12.2 Å². The van der Waals surface area contributed by atoms with E-state index in [1.165, 1.54) is 13.2 Å². The number of piperidine rings is 1. The third kappa shape index (κ3) is 3.63. The van der Waals surface area contributed by atoms with Crippen molar-refractivity contribution < 1.29 is 24.5 Å². The molecule has 2 fully saturated rings. The van der Waals surface area contributed by atoms with E-state index in [0.29, 0.717) is 49.4 Å².